The maximum Gasteiger partial charge on any atom is 0.0379 e. The van der Waals surface area contributed by atoms with Gasteiger partial charge in [0.25, 0.3) is 0 Å². The predicted octanol–water partition coefficient (Wildman–Crippen LogP) is 3.93. The lowest BCUT2D eigenvalue weighted by atomic mass is 10.0. The van der Waals surface area contributed by atoms with Gasteiger partial charge in [-0.25, -0.2) is 0 Å². The largest absolute Gasteiger partial charge is 0.398 e. The van der Waals surface area contributed by atoms with Crippen LogP contribution < -0.4 is 5.73 Å². The molecule has 0 radical (unpaired) electrons. The molecule has 0 bridgehead atoms. The number of hydrogen-bond donors (Lipinski definition) is 1. The van der Waals surface area contributed by atoms with Gasteiger partial charge in [-0.2, -0.15) is 0 Å². The molecule has 0 spiro atoms. The summed E-state index contributed by atoms with van der Waals surface area (Å²) >= 11 is 3.56. The Morgan fingerprint density at radius 1 is 1.00 bits per heavy atom. The maximum absolute atomic E-state index is 6.07. The quantitative estimate of drug-likeness (QED) is 0.826. The van der Waals surface area contributed by atoms with Crippen LogP contribution >= 0.6 is 15.9 Å². The zero-order valence-electron chi connectivity index (χ0n) is 9.20. The standard InChI is InChI=1S/C14H14BrN/c1-10-5-4-7-12(14(10)16)9-11-6-2-3-8-13(11)15/h2-8H,9,16H2,1H3. The predicted molar refractivity (Wildman–Crippen MR) is 72.5 cm³/mol. The van der Waals surface area contributed by atoms with Crippen LogP contribution in [0.5, 0.6) is 0 Å². The first-order valence-electron chi connectivity index (χ1n) is 5.26. The molecule has 0 saturated heterocycles. The molecule has 82 valence electrons. The van der Waals surface area contributed by atoms with Gasteiger partial charge in [0.15, 0.2) is 0 Å². The van der Waals surface area contributed by atoms with E-state index >= 15 is 0 Å². The third-order valence-electron chi connectivity index (χ3n) is 2.75. The van der Waals surface area contributed by atoms with Crippen molar-refractivity contribution in [3.8, 4) is 0 Å². The Hall–Kier alpha value is -1.28. The van der Waals surface area contributed by atoms with Crippen molar-refractivity contribution in [2.45, 2.75) is 13.3 Å². The third-order valence-corrected chi connectivity index (χ3v) is 3.53. The molecule has 2 aromatic carbocycles. The summed E-state index contributed by atoms with van der Waals surface area (Å²) in [6.07, 6.45) is 0.870. The number of benzene rings is 2. The first-order chi connectivity index (χ1) is 7.68. The molecule has 0 aliphatic carbocycles. The highest BCUT2D eigenvalue weighted by atomic mass is 79.9. The molecule has 0 heterocycles. The van der Waals surface area contributed by atoms with Crippen LogP contribution in [0.15, 0.2) is 46.9 Å². The second-order valence-corrected chi connectivity index (χ2v) is 4.77. The fraction of sp³-hybridized carbons (Fsp3) is 0.143. The average molecular weight is 276 g/mol. The Balaban J connectivity index is 2.35. The SMILES string of the molecule is Cc1cccc(Cc2ccccc2Br)c1N. The summed E-state index contributed by atoms with van der Waals surface area (Å²) in [4.78, 5) is 0. The van der Waals surface area contributed by atoms with Crippen molar-refractivity contribution in [3.63, 3.8) is 0 Å². The Morgan fingerprint density at radius 3 is 2.44 bits per heavy atom. The van der Waals surface area contributed by atoms with Gasteiger partial charge in [0.2, 0.25) is 0 Å². The van der Waals surface area contributed by atoms with Crippen LogP contribution in [0.3, 0.4) is 0 Å². The van der Waals surface area contributed by atoms with Crippen LogP contribution in [0.2, 0.25) is 0 Å². The molecular weight excluding hydrogens is 262 g/mol. The van der Waals surface area contributed by atoms with Crippen molar-refractivity contribution in [3.05, 3.63) is 63.6 Å². The highest BCUT2D eigenvalue weighted by Crippen LogP contribution is 2.24. The summed E-state index contributed by atoms with van der Waals surface area (Å²) in [5, 5.41) is 0. The highest BCUT2D eigenvalue weighted by Gasteiger charge is 2.04. The van der Waals surface area contributed by atoms with Crippen molar-refractivity contribution in [1.82, 2.24) is 0 Å². The number of nitrogen functional groups attached to an aromatic ring is 1. The van der Waals surface area contributed by atoms with Crippen LogP contribution in [0, 0.1) is 6.92 Å². The molecule has 0 aromatic heterocycles. The molecule has 2 aromatic rings. The molecule has 16 heavy (non-hydrogen) atoms. The van der Waals surface area contributed by atoms with Crippen molar-refractivity contribution in [1.29, 1.82) is 0 Å². The summed E-state index contributed by atoms with van der Waals surface area (Å²) in [5.74, 6) is 0. The van der Waals surface area contributed by atoms with Gasteiger partial charge < -0.3 is 5.73 Å². The van der Waals surface area contributed by atoms with Gasteiger partial charge in [-0.1, -0.05) is 52.3 Å². The van der Waals surface area contributed by atoms with Gasteiger partial charge in [-0.3, -0.25) is 0 Å². The van der Waals surface area contributed by atoms with E-state index in [4.69, 9.17) is 5.73 Å². The highest BCUT2D eigenvalue weighted by molar-refractivity contribution is 9.10. The molecule has 1 nitrogen and oxygen atoms in total. The lowest BCUT2D eigenvalue weighted by Gasteiger charge is -2.09. The minimum atomic E-state index is 0.870. The summed E-state index contributed by atoms with van der Waals surface area (Å²) in [6, 6.07) is 14.4. The van der Waals surface area contributed by atoms with Gasteiger partial charge in [0, 0.05) is 16.6 Å². The molecule has 0 unspecified atom stereocenters. The molecule has 0 atom stereocenters. The topological polar surface area (TPSA) is 26.0 Å². The smallest absolute Gasteiger partial charge is 0.0379 e. The summed E-state index contributed by atoms with van der Waals surface area (Å²) in [5.41, 5.74) is 10.6. The fourth-order valence-corrected chi connectivity index (χ4v) is 2.17. The Bertz CT molecular complexity index is 506. The monoisotopic (exact) mass is 275 g/mol. The van der Waals surface area contributed by atoms with E-state index in [-0.39, 0.29) is 0 Å². The second kappa shape index (κ2) is 4.71. The van der Waals surface area contributed by atoms with Crippen molar-refractivity contribution in [2.75, 3.05) is 5.73 Å². The van der Waals surface area contributed by atoms with Crippen LogP contribution in [0.4, 0.5) is 5.69 Å². The molecule has 0 aliphatic heterocycles. The van der Waals surface area contributed by atoms with Gasteiger partial charge in [0.05, 0.1) is 0 Å². The first kappa shape index (κ1) is 11.2. The molecule has 0 amide bonds. The van der Waals surface area contributed by atoms with Crippen molar-refractivity contribution in [2.24, 2.45) is 0 Å². The average Bonchev–Trinajstić information content (AvgIpc) is 2.28. The zero-order valence-corrected chi connectivity index (χ0v) is 10.8. The first-order valence-corrected chi connectivity index (χ1v) is 6.05. The number of hydrogen-bond acceptors (Lipinski definition) is 1. The lowest BCUT2D eigenvalue weighted by Crippen LogP contribution is -1.98. The minimum Gasteiger partial charge on any atom is -0.398 e. The van der Waals surface area contributed by atoms with E-state index in [1.807, 2.05) is 25.1 Å². The summed E-state index contributed by atoms with van der Waals surface area (Å²) in [6.45, 7) is 2.04. The van der Waals surface area contributed by atoms with Crippen LogP contribution in [0.1, 0.15) is 16.7 Å². The number of anilines is 1. The van der Waals surface area contributed by atoms with E-state index in [0.717, 1.165) is 22.1 Å². The van der Waals surface area contributed by atoms with E-state index < -0.39 is 0 Å². The number of rotatable bonds is 2. The van der Waals surface area contributed by atoms with Gasteiger partial charge >= 0.3 is 0 Å². The number of halogens is 1. The maximum atomic E-state index is 6.07. The Labute approximate surface area is 104 Å². The summed E-state index contributed by atoms with van der Waals surface area (Å²) in [7, 11) is 0. The molecule has 0 fully saturated rings. The molecule has 0 saturated carbocycles. The van der Waals surface area contributed by atoms with Crippen molar-refractivity contribution < 1.29 is 0 Å². The molecule has 2 heteroatoms. The van der Waals surface area contributed by atoms with Crippen LogP contribution in [-0.4, -0.2) is 0 Å². The zero-order chi connectivity index (χ0) is 11.5. The van der Waals surface area contributed by atoms with E-state index in [1.165, 1.54) is 11.1 Å². The minimum absolute atomic E-state index is 0.870. The van der Waals surface area contributed by atoms with Gasteiger partial charge in [-0.15, -0.1) is 0 Å². The normalized spacial score (nSPS) is 10.4. The Kier molecular flexibility index (Phi) is 3.30. The summed E-state index contributed by atoms with van der Waals surface area (Å²) < 4.78 is 1.14. The van der Waals surface area contributed by atoms with Crippen LogP contribution in [0.25, 0.3) is 0 Å². The van der Waals surface area contributed by atoms with Crippen molar-refractivity contribution >= 4 is 21.6 Å². The molecule has 2 rings (SSSR count). The Morgan fingerprint density at radius 2 is 1.69 bits per heavy atom. The molecule has 0 aliphatic rings. The van der Waals surface area contributed by atoms with Crippen LogP contribution in [-0.2, 0) is 6.42 Å². The van der Waals surface area contributed by atoms with E-state index in [9.17, 15) is 0 Å². The third kappa shape index (κ3) is 2.27. The molecular formula is C14H14BrN. The number of nitrogens with two attached hydrogens (primary N) is 1. The number of aryl methyl sites for hydroxylation is 1. The second-order valence-electron chi connectivity index (χ2n) is 3.92. The van der Waals surface area contributed by atoms with E-state index in [0.29, 0.717) is 0 Å². The van der Waals surface area contributed by atoms with Gasteiger partial charge in [-0.05, 0) is 29.7 Å². The number of para-hydroxylation sites is 1. The van der Waals surface area contributed by atoms with E-state index in [1.54, 1.807) is 0 Å². The fourth-order valence-electron chi connectivity index (χ4n) is 1.74. The molecule has 2 N–H and O–H groups in total. The lowest BCUT2D eigenvalue weighted by molar-refractivity contribution is 1.17. The van der Waals surface area contributed by atoms with Gasteiger partial charge in [0.1, 0.15) is 0 Å². The van der Waals surface area contributed by atoms with E-state index in [2.05, 4.69) is 40.2 Å².